The number of nitrogens with zero attached hydrogens (tertiary/aromatic N) is 2. The molecule has 0 radical (unpaired) electrons. The molecule has 0 saturated carbocycles. The van der Waals surface area contributed by atoms with Crippen molar-refractivity contribution in [3.05, 3.63) is 74.3 Å². The Morgan fingerprint density at radius 3 is 2.67 bits per heavy atom. The van der Waals surface area contributed by atoms with E-state index < -0.39 is 0 Å². The van der Waals surface area contributed by atoms with Crippen LogP contribution in [-0.4, -0.2) is 16.1 Å². The number of rotatable bonds is 6. The van der Waals surface area contributed by atoms with Crippen LogP contribution in [-0.2, 0) is 12.8 Å². The zero-order valence-corrected chi connectivity index (χ0v) is 15.9. The number of benzene rings is 2. The summed E-state index contributed by atoms with van der Waals surface area (Å²) in [5, 5.41) is 12.5. The third-order valence-electron chi connectivity index (χ3n) is 3.47. The van der Waals surface area contributed by atoms with Gasteiger partial charge in [-0.2, -0.15) is 0 Å². The number of halogens is 1. The summed E-state index contributed by atoms with van der Waals surface area (Å²) in [7, 11) is 0. The Kier molecular flexibility index (Phi) is 5.92. The first-order valence-electron chi connectivity index (χ1n) is 7.64. The molecule has 0 fully saturated rings. The lowest BCUT2D eigenvalue weighted by molar-refractivity contribution is 0.102. The highest BCUT2D eigenvalue weighted by atomic mass is 127. The summed E-state index contributed by atoms with van der Waals surface area (Å²) in [4.78, 5) is 12.2. The SMILES string of the molecule is O=C(Nc1nnc(CCCc2ccccc2)s1)c1cccc(I)c1. The van der Waals surface area contributed by atoms with Crippen molar-refractivity contribution < 1.29 is 4.79 Å². The maximum atomic E-state index is 12.2. The second-order valence-corrected chi connectivity index (χ2v) is 7.61. The van der Waals surface area contributed by atoms with Gasteiger partial charge in [0.25, 0.3) is 5.91 Å². The number of anilines is 1. The second kappa shape index (κ2) is 8.34. The maximum absolute atomic E-state index is 12.2. The minimum Gasteiger partial charge on any atom is -0.296 e. The molecule has 0 spiro atoms. The Morgan fingerprint density at radius 2 is 1.88 bits per heavy atom. The van der Waals surface area contributed by atoms with E-state index in [4.69, 9.17) is 0 Å². The summed E-state index contributed by atoms with van der Waals surface area (Å²) >= 11 is 3.63. The molecule has 3 aromatic rings. The molecule has 2 aromatic carbocycles. The molecule has 1 N–H and O–H groups in total. The smallest absolute Gasteiger partial charge is 0.257 e. The van der Waals surface area contributed by atoms with Crippen molar-refractivity contribution in [2.24, 2.45) is 0 Å². The molecule has 4 nitrogen and oxygen atoms in total. The number of hydrogen-bond acceptors (Lipinski definition) is 4. The number of carbonyl (C=O) groups is 1. The van der Waals surface area contributed by atoms with Crippen molar-refractivity contribution >= 4 is 45.0 Å². The van der Waals surface area contributed by atoms with Crippen LogP contribution >= 0.6 is 33.9 Å². The summed E-state index contributed by atoms with van der Waals surface area (Å²) in [6.45, 7) is 0. The van der Waals surface area contributed by atoms with Crippen LogP contribution in [0.2, 0.25) is 0 Å². The van der Waals surface area contributed by atoms with Crippen LogP contribution < -0.4 is 5.32 Å². The Bertz CT molecular complexity index is 820. The molecule has 1 amide bonds. The van der Waals surface area contributed by atoms with Crippen LogP contribution in [0.5, 0.6) is 0 Å². The van der Waals surface area contributed by atoms with Gasteiger partial charge in [0.15, 0.2) is 0 Å². The van der Waals surface area contributed by atoms with E-state index in [1.807, 2.05) is 24.3 Å². The van der Waals surface area contributed by atoms with E-state index in [9.17, 15) is 4.79 Å². The number of nitrogens with one attached hydrogen (secondary N) is 1. The first kappa shape index (κ1) is 17.0. The van der Waals surface area contributed by atoms with Crippen LogP contribution in [0.1, 0.15) is 27.3 Å². The second-order valence-electron chi connectivity index (χ2n) is 5.30. The van der Waals surface area contributed by atoms with Gasteiger partial charge in [-0.1, -0.05) is 47.7 Å². The van der Waals surface area contributed by atoms with Gasteiger partial charge in [-0.3, -0.25) is 10.1 Å². The molecule has 0 atom stereocenters. The monoisotopic (exact) mass is 449 g/mol. The van der Waals surface area contributed by atoms with Crippen molar-refractivity contribution in [3.8, 4) is 0 Å². The lowest BCUT2D eigenvalue weighted by Crippen LogP contribution is -2.11. The fourth-order valence-corrected chi connectivity index (χ4v) is 3.61. The third-order valence-corrected chi connectivity index (χ3v) is 5.04. The average molecular weight is 449 g/mol. The van der Waals surface area contributed by atoms with Crippen LogP contribution in [0.4, 0.5) is 5.13 Å². The molecule has 122 valence electrons. The average Bonchev–Trinajstić information content (AvgIpc) is 3.03. The van der Waals surface area contributed by atoms with E-state index in [1.165, 1.54) is 16.9 Å². The highest BCUT2D eigenvalue weighted by Gasteiger charge is 2.10. The van der Waals surface area contributed by atoms with E-state index >= 15 is 0 Å². The van der Waals surface area contributed by atoms with Crippen LogP contribution in [0.3, 0.4) is 0 Å². The van der Waals surface area contributed by atoms with E-state index in [2.05, 4.69) is 62.4 Å². The van der Waals surface area contributed by atoms with Crippen LogP contribution in [0.25, 0.3) is 0 Å². The van der Waals surface area contributed by atoms with Crippen molar-refractivity contribution in [3.63, 3.8) is 0 Å². The lowest BCUT2D eigenvalue weighted by Gasteiger charge is -2.01. The number of aromatic nitrogens is 2. The Morgan fingerprint density at radius 1 is 1.04 bits per heavy atom. The zero-order chi connectivity index (χ0) is 16.8. The summed E-state index contributed by atoms with van der Waals surface area (Å²) in [6.07, 6.45) is 2.90. The quantitative estimate of drug-likeness (QED) is 0.561. The van der Waals surface area contributed by atoms with Gasteiger partial charge in [-0.25, -0.2) is 0 Å². The summed E-state index contributed by atoms with van der Waals surface area (Å²) in [6, 6.07) is 17.9. The Labute approximate surface area is 158 Å². The van der Waals surface area contributed by atoms with E-state index in [0.717, 1.165) is 27.8 Å². The van der Waals surface area contributed by atoms with E-state index in [-0.39, 0.29) is 5.91 Å². The summed E-state index contributed by atoms with van der Waals surface area (Å²) in [5.74, 6) is -0.152. The largest absolute Gasteiger partial charge is 0.296 e. The van der Waals surface area contributed by atoms with Crippen molar-refractivity contribution in [1.82, 2.24) is 10.2 Å². The minimum atomic E-state index is -0.152. The number of carbonyl (C=O) groups excluding carboxylic acids is 1. The molecule has 1 aromatic heterocycles. The summed E-state index contributed by atoms with van der Waals surface area (Å²) < 4.78 is 1.03. The van der Waals surface area contributed by atoms with E-state index in [0.29, 0.717) is 10.7 Å². The van der Waals surface area contributed by atoms with Crippen molar-refractivity contribution in [2.75, 3.05) is 5.32 Å². The van der Waals surface area contributed by atoms with Crippen molar-refractivity contribution in [1.29, 1.82) is 0 Å². The molecule has 24 heavy (non-hydrogen) atoms. The van der Waals surface area contributed by atoms with E-state index in [1.54, 1.807) is 6.07 Å². The normalized spacial score (nSPS) is 10.5. The molecule has 1 heterocycles. The van der Waals surface area contributed by atoms with Crippen molar-refractivity contribution in [2.45, 2.75) is 19.3 Å². The zero-order valence-electron chi connectivity index (χ0n) is 12.9. The molecule has 6 heteroatoms. The fraction of sp³-hybridized carbons (Fsp3) is 0.167. The Balaban J connectivity index is 1.53. The van der Waals surface area contributed by atoms with Gasteiger partial charge in [0.05, 0.1) is 0 Å². The van der Waals surface area contributed by atoms with Gasteiger partial charge in [-0.15, -0.1) is 10.2 Å². The Hall–Kier alpha value is -1.80. The fourth-order valence-electron chi connectivity index (χ4n) is 2.29. The van der Waals surface area contributed by atoms with Crippen LogP contribution in [0.15, 0.2) is 54.6 Å². The first-order valence-corrected chi connectivity index (χ1v) is 9.53. The standard InChI is InChI=1S/C18H16IN3OS/c19-15-10-5-9-14(12-15)17(23)20-18-22-21-16(24-18)11-4-8-13-6-2-1-3-7-13/h1-3,5-7,9-10,12H,4,8,11H2,(H,20,22,23). The molecular weight excluding hydrogens is 433 g/mol. The highest BCUT2D eigenvalue weighted by Crippen LogP contribution is 2.19. The molecule has 0 aliphatic carbocycles. The molecule has 0 aliphatic heterocycles. The number of hydrogen-bond donors (Lipinski definition) is 1. The molecule has 0 aliphatic rings. The minimum absolute atomic E-state index is 0.152. The molecule has 3 rings (SSSR count). The van der Waals surface area contributed by atoms with Gasteiger partial charge in [0, 0.05) is 15.6 Å². The van der Waals surface area contributed by atoms with Gasteiger partial charge >= 0.3 is 0 Å². The molecule has 0 saturated heterocycles. The highest BCUT2D eigenvalue weighted by molar-refractivity contribution is 14.1. The van der Waals surface area contributed by atoms with Gasteiger partial charge in [-0.05, 0) is 59.2 Å². The van der Waals surface area contributed by atoms with Gasteiger partial charge < -0.3 is 0 Å². The number of aryl methyl sites for hydroxylation is 2. The van der Waals surface area contributed by atoms with Crippen LogP contribution in [0, 0.1) is 3.57 Å². The maximum Gasteiger partial charge on any atom is 0.257 e. The third kappa shape index (κ3) is 4.85. The summed E-state index contributed by atoms with van der Waals surface area (Å²) in [5.41, 5.74) is 1.96. The molecule has 0 bridgehead atoms. The predicted octanol–water partition coefficient (Wildman–Crippen LogP) is 4.57. The topological polar surface area (TPSA) is 54.9 Å². The number of amides is 1. The van der Waals surface area contributed by atoms with Gasteiger partial charge in [0.2, 0.25) is 5.13 Å². The lowest BCUT2D eigenvalue weighted by atomic mass is 10.1. The first-order chi connectivity index (χ1) is 11.7. The predicted molar refractivity (Wildman–Crippen MR) is 105 cm³/mol. The molecular formula is C18H16IN3OS. The van der Waals surface area contributed by atoms with Gasteiger partial charge in [0.1, 0.15) is 5.01 Å². The molecule has 0 unspecified atom stereocenters.